The van der Waals surface area contributed by atoms with E-state index in [4.69, 9.17) is 5.73 Å². The quantitative estimate of drug-likeness (QED) is 0.921. The molecule has 2 saturated carbocycles. The summed E-state index contributed by atoms with van der Waals surface area (Å²) < 4.78 is 1.95. The summed E-state index contributed by atoms with van der Waals surface area (Å²) in [5.74, 6) is 0.741. The van der Waals surface area contributed by atoms with Crippen LogP contribution in [0.15, 0.2) is 6.20 Å². The van der Waals surface area contributed by atoms with Gasteiger partial charge in [0.15, 0.2) is 0 Å². The number of carbonyl (C=O) groups excluding carboxylic acids is 1. The van der Waals surface area contributed by atoms with E-state index in [2.05, 4.69) is 15.2 Å². The molecule has 24 heavy (non-hydrogen) atoms. The van der Waals surface area contributed by atoms with Crippen LogP contribution in [0.3, 0.4) is 0 Å². The second-order valence-electron chi connectivity index (χ2n) is 8.69. The zero-order valence-corrected chi connectivity index (χ0v) is 14.9. The van der Waals surface area contributed by atoms with Gasteiger partial charge in [0.1, 0.15) is 5.69 Å². The first-order valence-corrected chi connectivity index (χ1v) is 9.39. The second-order valence-corrected chi connectivity index (χ2v) is 8.69. The molecule has 1 aromatic rings. The first-order valence-electron chi connectivity index (χ1n) is 9.39. The van der Waals surface area contributed by atoms with Crippen LogP contribution in [0.1, 0.15) is 70.5 Å². The van der Waals surface area contributed by atoms with E-state index in [0.29, 0.717) is 23.3 Å². The molecule has 4 rings (SSSR count). The van der Waals surface area contributed by atoms with Crippen LogP contribution in [0.5, 0.6) is 0 Å². The number of likely N-dealkylation sites (tertiary alicyclic amines) is 1. The standard InChI is InChI=1S/C18H29N5O/c1-17(2,19)15-12-23(21-20-15)13-5-9-22(10-6-13)16(24)14-11-18(14)7-3-4-8-18/h12-14H,3-11,19H2,1-2H3. The van der Waals surface area contributed by atoms with Gasteiger partial charge in [-0.3, -0.25) is 4.79 Å². The molecule has 1 atom stereocenters. The van der Waals surface area contributed by atoms with Gasteiger partial charge in [-0.1, -0.05) is 18.1 Å². The molecular formula is C18H29N5O. The Balaban J connectivity index is 1.34. The lowest BCUT2D eigenvalue weighted by molar-refractivity contribution is -0.134. The summed E-state index contributed by atoms with van der Waals surface area (Å²) in [6, 6.07) is 0.331. The maximum absolute atomic E-state index is 12.8. The van der Waals surface area contributed by atoms with E-state index in [-0.39, 0.29) is 0 Å². The van der Waals surface area contributed by atoms with Crippen molar-refractivity contribution >= 4 is 5.91 Å². The van der Waals surface area contributed by atoms with Crippen LogP contribution in [0.25, 0.3) is 0 Å². The fourth-order valence-electron chi connectivity index (χ4n) is 4.65. The van der Waals surface area contributed by atoms with Gasteiger partial charge in [0, 0.05) is 19.0 Å². The zero-order chi connectivity index (χ0) is 16.9. The lowest BCUT2D eigenvalue weighted by atomic mass is 9.99. The number of hydrogen-bond acceptors (Lipinski definition) is 4. The Labute approximate surface area is 143 Å². The van der Waals surface area contributed by atoms with Crippen LogP contribution in [-0.2, 0) is 10.3 Å². The monoisotopic (exact) mass is 331 g/mol. The maximum Gasteiger partial charge on any atom is 0.226 e. The van der Waals surface area contributed by atoms with Crippen molar-refractivity contribution in [3.8, 4) is 0 Å². The third-order valence-corrected chi connectivity index (χ3v) is 6.41. The van der Waals surface area contributed by atoms with E-state index in [1.165, 1.54) is 25.7 Å². The molecule has 1 unspecified atom stereocenters. The van der Waals surface area contributed by atoms with Crippen molar-refractivity contribution < 1.29 is 4.79 Å². The second kappa shape index (κ2) is 5.55. The Morgan fingerprint density at radius 2 is 1.96 bits per heavy atom. The summed E-state index contributed by atoms with van der Waals surface area (Å²) in [7, 11) is 0. The lowest BCUT2D eigenvalue weighted by Gasteiger charge is -2.32. The van der Waals surface area contributed by atoms with Gasteiger partial charge in [-0.25, -0.2) is 4.68 Å². The fourth-order valence-corrected chi connectivity index (χ4v) is 4.65. The molecule has 1 spiro atoms. The highest BCUT2D eigenvalue weighted by Crippen LogP contribution is 2.63. The van der Waals surface area contributed by atoms with Crippen LogP contribution >= 0.6 is 0 Å². The smallest absolute Gasteiger partial charge is 0.226 e. The van der Waals surface area contributed by atoms with Crippen LogP contribution in [0.2, 0.25) is 0 Å². The topological polar surface area (TPSA) is 77.0 Å². The summed E-state index contributed by atoms with van der Waals surface area (Å²) in [6.45, 7) is 5.57. The van der Waals surface area contributed by atoms with Crippen LogP contribution in [0.4, 0.5) is 0 Å². The Morgan fingerprint density at radius 1 is 1.29 bits per heavy atom. The van der Waals surface area contributed by atoms with Crippen molar-refractivity contribution in [3.63, 3.8) is 0 Å². The van der Waals surface area contributed by atoms with Gasteiger partial charge in [-0.2, -0.15) is 0 Å². The Morgan fingerprint density at radius 3 is 2.54 bits per heavy atom. The van der Waals surface area contributed by atoms with Gasteiger partial charge in [-0.05, 0) is 51.4 Å². The molecule has 6 heteroatoms. The SMILES string of the molecule is CC(C)(N)c1cn(C2CCN(C(=O)C3CC34CCCC4)CC2)nn1. The van der Waals surface area contributed by atoms with E-state index >= 15 is 0 Å². The number of nitrogens with zero attached hydrogens (tertiary/aromatic N) is 4. The molecule has 0 aromatic carbocycles. The van der Waals surface area contributed by atoms with Gasteiger partial charge in [0.25, 0.3) is 0 Å². The highest BCUT2D eigenvalue weighted by atomic mass is 16.2. The molecule has 3 fully saturated rings. The molecule has 1 aliphatic heterocycles. The first-order chi connectivity index (χ1) is 11.4. The highest BCUT2D eigenvalue weighted by Gasteiger charge is 2.59. The molecule has 2 heterocycles. The van der Waals surface area contributed by atoms with Crippen molar-refractivity contribution in [1.82, 2.24) is 19.9 Å². The molecular weight excluding hydrogens is 302 g/mol. The molecule has 132 valence electrons. The summed E-state index contributed by atoms with van der Waals surface area (Å²) >= 11 is 0. The molecule has 2 N–H and O–H groups in total. The molecule has 1 aromatic heterocycles. The number of hydrogen-bond donors (Lipinski definition) is 1. The number of amides is 1. The first kappa shape index (κ1) is 16.1. The predicted molar refractivity (Wildman–Crippen MR) is 91.1 cm³/mol. The molecule has 3 aliphatic rings. The summed E-state index contributed by atoms with van der Waals surface area (Å²) in [6.07, 6.45) is 10.2. The van der Waals surface area contributed by atoms with Crippen LogP contribution in [0, 0.1) is 11.3 Å². The van der Waals surface area contributed by atoms with Gasteiger partial charge >= 0.3 is 0 Å². The van der Waals surface area contributed by atoms with Crippen molar-refractivity contribution in [2.24, 2.45) is 17.1 Å². The lowest BCUT2D eigenvalue weighted by Crippen LogP contribution is -2.40. The number of carbonyl (C=O) groups is 1. The third-order valence-electron chi connectivity index (χ3n) is 6.41. The minimum Gasteiger partial charge on any atom is -0.342 e. The Hall–Kier alpha value is -1.43. The van der Waals surface area contributed by atoms with E-state index in [1.54, 1.807) is 0 Å². The fraction of sp³-hybridized carbons (Fsp3) is 0.833. The molecule has 0 radical (unpaired) electrons. The van der Waals surface area contributed by atoms with Crippen molar-refractivity contribution in [2.45, 2.75) is 70.4 Å². The molecule has 0 bridgehead atoms. The number of rotatable bonds is 3. The van der Waals surface area contributed by atoms with Crippen molar-refractivity contribution in [1.29, 1.82) is 0 Å². The Kier molecular flexibility index (Phi) is 3.71. The number of piperidine rings is 1. The number of aromatic nitrogens is 3. The average molecular weight is 331 g/mol. The summed E-state index contributed by atoms with van der Waals surface area (Å²) in [5, 5.41) is 8.48. The molecule has 1 saturated heterocycles. The average Bonchev–Trinajstić information content (AvgIpc) is 2.94. The Bertz CT molecular complexity index is 618. The normalized spacial score (nSPS) is 27.0. The van der Waals surface area contributed by atoms with Crippen LogP contribution in [-0.4, -0.2) is 38.9 Å². The summed E-state index contributed by atoms with van der Waals surface area (Å²) in [4.78, 5) is 14.9. The highest BCUT2D eigenvalue weighted by molar-refractivity contribution is 5.82. The van der Waals surface area contributed by atoms with Crippen LogP contribution < -0.4 is 5.73 Å². The largest absolute Gasteiger partial charge is 0.342 e. The minimum atomic E-state index is -0.462. The van der Waals surface area contributed by atoms with E-state index < -0.39 is 5.54 Å². The molecule has 2 aliphatic carbocycles. The number of nitrogens with two attached hydrogens (primary N) is 1. The van der Waals surface area contributed by atoms with E-state index in [1.807, 2.05) is 24.7 Å². The predicted octanol–water partition coefficient (Wildman–Crippen LogP) is 2.22. The van der Waals surface area contributed by atoms with E-state index in [0.717, 1.165) is 38.0 Å². The van der Waals surface area contributed by atoms with Gasteiger partial charge in [-0.15, -0.1) is 5.10 Å². The summed E-state index contributed by atoms with van der Waals surface area (Å²) in [5.41, 5.74) is 6.85. The minimum absolute atomic E-state index is 0.326. The van der Waals surface area contributed by atoms with Gasteiger partial charge < -0.3 is 10.6 Å². The molecule has 6 nitrogen and oxygen atoms in total. The molecule has 1 amide bonds. The van der Waals surface area contributed by atoms with E-state index in [9.17, 15) is 4.79 Å². The van der Waals surface area contributed by atoms with Crippen molar-refractivity contribution in [3.05, 3.63) is 11.9 Å². The van der Waals surface area contributed by atoms with Gasteiger partial charge in [0.05, 0.1) is 17.8 Å². The van der Waals surface area contributed by atoms with Crippen molar-refractivity contribution in [2.75, 3.05) is 13.1 Å². The van der Waals surface area contributed by atoms with Gasteiger partial charge in [0.2, 0.25) is 5.91 Å². The third kappa shape index (κ3) is 2.75. The maximum atomic E-state index is 12.8. The zero-order valence-electron chi connectivity index (χ0n) is 14.9.